The lowest BCUT2D eigenvalue weighted by Crippen LogP contribution is -3.14. The van der Waals surface area contributed by atoms with Crippen LogP contribution in [-0.2, 0) is 4.79 Å². The van der Waals surface area contributed by atoms with Crippen LogP contribution in [0.5, 0.6) is 5.75 Å². The molecular weight excluding hydrogens is 288 g/mol. The van der Waals surface area contributed by atoms with Crippen molar-refractivity contribution in [3.05, 3.63) is 28.8 Å². The smallest absolute Gasteiger partial charge is 0.260 e. The number of nitrogens with zero attached hydrogens (tertiary/aromatic N) is 1. The Morgan fingerprint density at radius 1 is 1.38 bits per heavy atom. The molecule has 0 aromatic heterocycles. The Balaban J connectivity index is 1.80. The maximum Gasteiger partial charge on any atom is 0.260 e. The third-order valence-electron chi connectivity index (χ3n) is 3.91. The Bertz CT molecular complexity index is 485. The van der Waals surface area contributed by atoms with Gasteiger partial charge in [-0.3, -0.25) is 4.79 Å². The molecule has 0 atom stereocenters. The molecule has 1 N–H and O–H groups in total. The number of piperazine rings is 1. The third kappa shape index (κ3) is 4.61. The summed E-state index contributed by atoms with van der Waals surface area (Å²) in [5.74, 6) is 0.794. The van der Waals surface area contributed by atoms with Gasteiger partial charge in [0.2, 0.25) is 0 Å². The first-order valence-corrected chi connectivity index (χ1v) is 7.98. The molecule has 2 rings (SSSR count). The summed E-state index contributed by atoms with van der Waals surface area (Å²) in [4.78, 5) is 15.7. The van der Waals surface area contributed by atoms with Gasteiger partial charge in [0.25, 0.3) is 5.91 Å². The molecule has 21 heavy (non-hydrogen) atoms. The van der Waals surface area contributed by atoms with E-state index in [-0.39, 0.29) is 12.5 Å². The molecule has 5 heteroatoms. The number of ether oxygens (including phenoxy) is 1. The molecule has 0 aliphatic carbocycles. The van der Waals surface area contributed by atoms with E-state index in [9.17, 15) is 4.79 Å². The van der Waals surface area contributed by atoms with Crippen LogP contribution in [0.2, 0.25) is 5.02 Å². The van der Waals surface area contributed by atoms with Crippen LogP contribution < -0.4 is 9.64 Å². The minimum Gasteiger partial charge on any atom is -0.483 e. The van der Waals surface area contributed by atoms with Gasteiger partial charge >= 0.3 is 0 Å². The lowest BCUT2D eigenvalue weighted by molar-refractivity contribution is -0.904. The summed E-state index contributed by atoms with van der Waals surface area (Å²) in [6, 6.07) is 5.43. The van der Waals surface area contributed by atoms with Gasteiger partial charge in [0.05, 0.1) is 32.7 Å². The van der Waals surface area contributed by atoms with Crippen molar-refractivity contribution in [2.24, 2.45) is 0 Å². The SMILES string of the molecule is CCC[NH+]1CCN(C(=O)COc2ccc(Cl)cc2C)CC1. The minimum atomic E-state index is 0.0694. The van der Waals surface area contributed by atoms with Gasteiger partial charge in [0, 0.05) is 5.02 Å². The Hall–Kier alpha value is -1.26. The van der Waals surface area contributed by atoms with E-state index in [1.807, 2.05) is 24.0 Å². The average molecular weight is 312 g/mol. The number of quaternary nitrogens is 1. The Labute approximate surface area is 131 Å². The third-order valence-corrected chi connectivity index (χ3v) is 4.15. The number of aryl methyl sites for hydroxylation is 1. The average Bonchev–Trinajstić information content (AvgIpc) is 2.47. The van der Waals surface area contributed by atoms with Gasteiger partial charge in [-0.05, 0) is 37.1 Å². The van der Waals surface area contributed by atoms with Gasteiger partial charge in [-0.2, -0.15) is 0 Å². The zero-order valence-corrected chi connectivity index (χ0v) is 13.6. The highest BCUT2D eigenvalue weighted by Gasteiger charge is 2.23. The van der Waals surface area contributed by atoms with Crippen LogP contribution in [0.3, 0.4) is 0 Å². The molecule has 0 radical (unpaired) electrons. The molecule has 1 fully saturated rings. The highest BCUT2D eigenvalue weighted by atomic mass is 35.5. The predicted octanol–water partition coefficient (Wildman–Crippen LogP) is 1.16. The summed E-state index contributed by atoms with van der Waals surface area (Å²) in [6.07, 6.45) is 1.20. The van der Waals surface area contributed by atoms with E-state index in [1.54, 1.807) is 11.0 Å². The van der Waals surface area contributed by atoms with Crippen LogP contribution in [0.15, 0.2) is 18.2 Å². The van der Waals surface area contributed by atoms with Crippen LogP contribution in [0, 0.1) is 6.92 Å². The van der Waals surface area contributed by atoms with E-state index in [1.165, 1.54) is 13.0 Å². The Morgan fingerprint density at radius 3 is 2.71 bits per heavy atom. The van der Waals surface area contributed by atoms with E-state index in [0.717, 1.165) is 37.5 Å². The molecule has 0 bridgehead atoms. The predicted molar refractivity (Wildman–Crippen MR) is 84.1 cm³/mol. The monoisotopic (exact) mass is 311 g/mol. The first-order valence-electron chi connectivity index (χ1n) is 7.60. The molecule has 1 aliphatic heterocycles. The molecule has 1 amide bonds. The lowest BCUT2D eigenvalue weighted by atomic mass is 10.2. The van der Waals surface area contributed by atoms with Gasteiger partial charge in [-0.25, -0.2) is 0 Å². The van der Waals surface area contributed by atoms with Gasteiger partial charge < -0.3 is 14.5 Å². The number of hydrogen-bond donors (Lipinski definition) is 1. The van der Waals surface area contributed by atoms with Crippen molar-refractivity contribution >= 4 is 17.5 Å². The summed E-state index contributed by atoms with van der Waals surface area (Å²) >= 11 is 5.91. The van der Waals surface area contributed by atoms with E-state index < -0.39 is 0 Å². The summed E-state index contributed by atoms with van der Waals surface area (Å²) < 4.78 is 5.62. The van der Waals surface area contributed by atoms with Crippen molar-refractivity contribution in [1.82, 2.24) is 4.90 Å². The van der Waals surface area contributed by atoms with Gasteiger partial charge in [0.15, 0.2) is 6.61 Å². The Morgan fingerprint density at radius 2 is 2.10 bits per heavy atom. The molecule has 1 aromatic rings. The molecule has 0 spiro atoms. The van der Waals surface area contributed by atoms with Gasteiger partial charge in [-0.1, -0.05) is 18.5 Å². The highest BCUT2D eigenvalue weighted by molar-refractivity contribution is 6.30. The maximum absolute atomic E-state index is 12.2. The highest BCUT2D eigenvalue weighted by Crippen LogP contribution is 2.21. The topological polar surface area (TPSA) is 34.0 Å². The van der Waals surface area contributed by atoms with Crippen LogP contribution in [0.4, 0.5) is 0 Å². The molecule has 1 saturated heterocycles. The number of benzene rings is 1. The molecular formula is C16H24ClN2O2+. The van der Waals surface area contributed by atoms with E-state index in [2.05, 4.69) is 6.92 Å². The molecule has 1 aliphatic rings. The number of carbonyl (C=O) groups is 1. The van der Waals surface area contributed by atoms with E-state index in [4.69, 9.17) is 16.3 Å². The van der Waals surface area contributed by atoms with E-state index in [0.29, 0.717) is 5.02 Å². The van der Waals surface area contributed by atoms with E-state index >= 15 is 0 Å². The van der Waals surface area contributed by atoms with Crippen LogP contribution in [0.25, 0.3) is 0 Å². The van der Waals surface area contributed by atoms with Crippen molar-refractivity contribution in [3.8, 4) is 5.75 Å². The zero-order chi connectivity index (χ0) is 15.2. The first kappa shape index (κ1) is 16.1. The molecule has 1 heterocycles. The normalized spacial score (nSPS) is 16.0. The molecule has 4 nitrogen and oxygen atoms in total. The van der Waals surface area contributed by atoms with Crippen molar-refractivity contribution in [2.45, 2.75) is 20.3 Å². The van der Waals surface area contributed by atoms with Crippen LogP contribution >= 0.6 is 11.6 Å². The number of halogens is 1. The zero-order valence-electron chi connectivity index (χ0n) is 12.8. The second kappa shape index (κ2) is 7.66. The fourth-order valence-electron chi connectivity index (χ4n) is 2.68. The number of rotatable bonds is 5. The summed E-state index contributed by atoms with van der Waals surface area (Å²) in [5.41, 5.74) is 0.951. The minimum absolute atomic E-state index is 0.0694. The van der Waals surface area contributed by atoms with Crippen molar-refractivity contribution in [2.75, 3.05) is 39.3 Å². The van der Waals surface area contributed by atoms with Crippen molar-refractivity contribution < 1.29 is 14.4 Å². The fourth-order valence-corrected chi connectivity index (χ4v) is 2.91. The Kier molecular flexibility index (Phi) is 5.88. The second-order valence-electron chi connectivity index (χ2n) is 5.58. The molecule has 1 aromatic carbocycles. The molecule has 116 valence electrons. The summed E-state index contributed by atoms with van der Waals surface area (Å²) in [7, 11) is 0. The maximum atomic E-state index is 12.2. The quantitative estimate of drug-likeness (QED) is 0.885. The molecule has 0 saturated carbocycles. The number of hydrogen-bond acceptors (Lipinski definition) is 2. The number of carbonyl (C=O) groups excluding carboxylic acids is 1. The van der Waals surface area contributed by atoms with Crippen molar-refractivity contribution in [3.63, 3.8) is 0 Å². The first-order chi connectivity index (χ1) is 10.1. The largest absolute Gasteiger partial charge is 0.483 e. The molecule has 0 unspecified atom stereocenters. The summed E-state index contributed by atoms with van der Waals surface area (Å²) in [5, 5.41) is 0.682. The van der Waals surface area contributed by atoms with Gasteiger partial charge in [-0.15, -0.1) is 0 Å². The standard InChI is InChI=1S/C16H23ClN2O2/c1-3-6-18-7-9-19(10-8-18)16(20)12-21-15-5-4-14(17)11-13(15)2/h4-5,11H,3,6-10,12H2,1-2H3/p+1. The van der Waals surface area contributed by atoms with Crippen LogP contribution in [-0.4, -0.2) is 50.1 Å². The number of amides is 1. The van der Waals surface area contributed by atoms with Crippen molar-refractivity contribution in [1.29, 1.82) is 0 Å². The summed E-state index contributed by atoms with van der Waals surface area (Å²) in [6.45, 7) is 9.17. The van der Waals surface area contributed by atoms with Crippen LogP contribution in [0.1, 0.15) is 18.9 Å². The van der Waals surface area contributed by atoms with Gasteiger partial charge in [0.1, 0.15) is 5.75 Å². The second-order valence-corrected chi connectivity index (χ2v) is 6.02. The lowest BCUT2D eigenvalue weighted by Gasteiger charge is -2.32. The fraction of sp³-hybridized carbons (Fsp3) is 0.562. The number of nitrogens with one attached hydrogen (secondary N) is 1.